The quantitative estimate of drug-likeness (QED) is 0.332. The number of fused-ring (bicyclic) bond motifs is 1. The van der Waals surface area contributed by atoms with Gasteiger partial charge in [-0.3, -0.25) is 9.36 Å². The minimum atomic E-state index is 0.0800. The van der Waals surface area contributed by atoms with Gasteiger partial charge in [-0.15, -0.1) is 17.9 Å². The van der Waals surface area contributed by atoms with Crippen LogP contribution in [0.5, 0.6) is 0 Å². The SMILES string of the molecule is C=CCCCCCCCc1cc2c(=O)n(CCBr)cnc2s1. The molecule has 2 aromatic heterocycles. The van der Waals surface area contributed by atoms with Gasteiger partial charge in [0.15, 0.2) is 0 Å². The molecule has 0 saturated carbocycles. The van der Waals surface area contributed by atoms with Crippen LogP contribution in [-0.2, 0) is 13.0 Å². The third-order valence-electron chi connectivity index (χ3n) is 3.73. The van der Waals surface area contributed by atoms with Gasteiger partial charge in [-0.1, -0.05) is 41.3 Å². The van der Waals surface area contributed by atoms with Crippen LogP contribution in [0.15, 0.2) is 29.8 Å². The Bertz CT molecular complexity index is 662. The van der Waals surface area contributed by atoms with Crippen molar-refractivity contribution in [3.05, 3.63) is 40.3 Å². The summed E-state index contributed by atoms with van der Waals surface area (Å²) in [5, 5.41) is 1.54. The molecule has 0 radical (unpaired) electrons. The molecule has 0 saturated heterocycles. The largest absolute Gasteiger partial charge is 0.298 e. The molecule has 0 aliphatic heterocycles. The number of allylic oxidation sites excluding steroid dienone is 1. The lowest BCUT2D eigenvalue weighted by Gasteiger charge is -2.00. The van der Waals surface area contributed by atoms with E-state index in [1.807, 2.05) is 12.1 Å². The van der Waals surface area contributed by atoms with Crippen LogP contribution in [0.2, 0.25) is 0 Å². The molecule has 0 amide bonds. The van der Waals surface area contributed by atoms with E-state index in [-0.39, 0.29) is 5.56 Å². The Balaban J connectivity index is 1.89. The van der Waals surface area contributed by atoms with Crippen molar-refractivity contribution in [2.75, 3.05) is 5.33 Å². The Morgan fingerprint density at radius 1 is 1.27 bits per heavy atom. The number of alkyl halides is 1. The first kappa shape index (κ1) is 17.4. The molecule has 0 aliphatic rings. The summed E-state index contributed by atoms with van der Waals surface area (Å²) >= 11 is 5.02. The first-order valence-electron chi connectivity index (χ1n) is 7.91. The third kappa shape index (κ3) is 4.78. The lowest BCUT2D eigenvalue weighted by atomic mass is 10.1. The van der Waals surface area contributed by atoms with E-state index in [2.05, 4.69) is 27.5 Å². The predicted molar refractivity (Wildman–Crippen MR) is 99.3 cm³/mol. The zero-order valence-corrected chi connectivity index (χ0v) is 15.3. The van der Waals surface area contributed by atoms with E-state index >= 15 is 0 Å². The highest BCUT2D eigenvalue weighted by Gasteiger charge is 2.08. The number of aromatic nitrogens is 2. The van der Waals surface area contributed by atoms with Crippen molar-refractivity contribution < 1.29 is 0 Å². The molecule has 0 N–H and O–H groups in total. The molecule has 5 heteroatoms. The van der Waals surface area contributed by atoms with Crippen LogP contribution in [0.3, 0.4) is 0 Å². The lowest BCUT2D eigenvalue weighted by molar-refractivity contribution is 0.619. The number of aryl methyl sites for hydroxylation is 2. The van der Waals surface area contributed by atoms with Gasteiger partial charge in [0, 0.05) is 16.8 Å². The normalized spacial score (nSPS) is 11.1. The molecule has 0 spiro atoms. The molecule has 0 aliphatic carbocycles. The summed E-state index contributed by atoms with van der Waals surface area (Å²) < 4.78 is 1.67. The summed E-state index contributed by atoms with van der Waals surface area (Å²) in [4.78, 5) is 18.9. The van der Waals surface area contributed by atoms with Crippen LogP contribution in [0.25, 0.3) is 10.2 Å². The Labute approximate surface area is 144 Å². The summed E-state index contributed by atoms with van der Waals surface area (Å²) in [6.07, 6.45) is 12.1. The second-order valence-electron chi connectivity index (χ2n) is 5.46. The van der Waals surface area contributed by atoms with Gasteiger partial charge in [0.1, 0.15) is 4.83 Å². The molecule has 2 heterocycles. The maximum Gasteiger partial charge on any atom is 0.262 e. The van der Waals surface area contributed by atoms with Gasteiger partial charge in [-0.05, 0) is 31.7 Å². The van der Waals surface area contributed by atoms with E-state index in [4.69, 9.17) is 0 Å². The fraction of sp³-hybridized carbons (Fsp3) is 0.529. The molecule has 2 rings (SSSR count). The van der Waals surface area contributed by atoms with E-state index < -0.39 is 0 Å². The maximum atomic E-state index is 12.3. The third-order valence-corrected chi connectivity index (χ3v) is 5.18. The molecule has 0 bridgehead atoms. The molecular formula is C17H23BrN2OS. The van der Waals surface area contributed by atoms with Crippen LogP contribution in [0.1, 0.15) is 43.4 Å². The smallest absolute Gasteiger partial charge is 0.262 e. The van der Waals surface area contributed by atoms with E-state index in [1.165, 1.54) is 37.0 Å². The number of hydrogen-bond donors (Lipinski definition) is 0. The zero-order chi connectivity index (χ0) is 15.8. The number of hydrogen-bond acceptors (Lipinski definition) is 3. The van der Waals surface area contributed by atoms with E-state index in [9.17, 15) is 4.79 Å². The van der Waals surface area contributed by atoms with Crippen molar-refractivity contribution in [3.63, 3.8) is 0 Å². The van der Waals surface area contributed by atoms with Gasteiger partial charge in [0.2, 0.25) is 0 Å². The molecular weight excluding hydrogens is 360 g/mol. The van der Waals surface area contributed by atoms with Crippen LogP contribution < -0.4 is 5.56 Å². The number of rotatable bonds is 10. The number of nitrogens with zero attached hydrogens (tertiary/aromatic N) is 2. The molecule has 0 unspecified atom stereocenters. The highest BCUT2D eigenvalue weighted by atomic mass is 79.9. The van der Waals surface area contributed by atoms with Crippen LogP contribution in [0, 0.1) is 0 Å². The van der Waals surface area contributed by atoms with Gasteiger partial charge in [-0.2, -0.15) is 0 Å². The molecule has 0 atom stereocenters. The number of unbranched alkanes of at least 4 members (excludes halogenated alkanes) is 5. The first-order chi connectivity index (χ1) is 10.8. The fourth-order valence-corrected chi connectivity index (χ4v) is 3.91. The number of halogens is 1. The van der Waals surface area contributed by atoms with Gasteiger partial charge in [-0.25, -0.2) is 4.98 Å². The van der Waals surface area contributed by atoms with Crippen molar-refractivity contribution in [2.45, 2.75) is 51.5 Å². The average Bonchev–Trinajstić information content (AvgIpc) is 2.93. The van der Waals surface area contributed by atoms with Crippen LogP contribution in [0.4, 0.5) is 0 Å². The predicted octanol–water partition coefficient (Wildman–Crippen LogP) is 4.92. The minimum Gasteiger partial charge on any atom is -0.298 e. The van der Waals surface area contributed by atoms with Gasteiger partial charge in [0.05, 0.1) is 11.7 Å². The van der Waals surface area contributed by atoms with Gasteiger partial charge in [0.25, 0.3) is 5.56 Å². The minimum absolute atomic E-state index is 0.0800. The molecule has 0 fully saturated rings. The summed E-state index contributed by atoms with van der Waals surface area (Å²) in [5.41, 5.74) is 0.0800. The maximum absolute atomic E-state index is 12.3. The summed E-state index contributed by atoms with van der Waals surface area (Å²) in [5.74, 6) is 0. The van der Waals surface area contributed by atoms with E-state index in [0.29, 0.717) is 6.54 Å². The Hall–Kier alpha value is -0.940. The standard InChI is InChI=1S/C17H23BrN2OS/c1-2-3-4-5-6-7-8-9-14-12-15-16(22-14)19-13-20(11-10-18)17(15)21/h2,12-13H,1,3-11H2. The molecule has 120 valence electrons. The lowest BCUT2D eigenvalue weighted by Crippen LogP contribution is -2.20. The topological polar surface area (TPSA) is 34.9 Å². The first-order valence-corrected chi connectivity index (χ1v) is 9.84. The Kier molecular flexibility index (Phi) is 7.33. The van der Waals surface area contributed by atoms with Crippen molar-refractivity contribution in [1.82, 2.24) is 9.55 Å². The van der Waals surface area contributed by atoms with Crippen molar-refractivity contribution >= 4 is 37.5 Å². The monoisotopic (exact) mass is 382 g/mol. The highest BCUT2D eigenvalue weighted by molar-refractivity contribution is 9.09. The second kappa shape index (κ2) is 9.26. The molecule has 2 aromatic rings. The molecule has 22 heavy (non-hydrogen) atoms. The van der Waals surface area contributed by atoms with Crippen molar-refractivity contribution in [2.24, 2.45) is 0 Å². The molecule has 0 aromatic carbocycles. The number of thiophene rings is 1. The fourth-order valence-electron chi connectivity index (χ4n) is 2.50. The van der Waals surface area contributed by atoms with Crippen molar-refractivity contribution in [3.8, 4) is 0 Å². The van der Waals surface area contributed by atoms with Crippen LogP contribution in [-0.4, -0.2) is 14.9 Å². The Morgan fingerprint density at radius 3 is 2.82 bits per heavy atom. The molecule has 3 nitrogen and oxygen atoms in total. The summed E-state index contributed by atoms with van der Waals surface area (Å²) in [6.45, 7) is 4.41. The van der Waals surface area contributed by atoms with E-state index in [1.54, 1.807) is 22.2 Å². The second-order valence-corrected chi connectivity index (χ2v) is 7.37. The average molecular weight is 383 g/mol. The van der Waals surface area contributed by atoms with Crippen LogP contribution >= 0.6 is 27.3 Å². The zero-order valence-electron chi connectivity index (χ0n) is 12.9. The van der Waals surface area contributed by atoms with Gasteiger partial charge >= 0.3 is 0 Å². The summed E-state index contributed by atoms with van der Waals surface area (Å²) in [7, 11) is 0. The van der Waals surface area contributed by atoms with Crippen molar-refractivity contribution in [1.29, 1.82) is 0 Å². The Morgan fingerprint density at radius 2 is 2.05 bits per heavy atom. The summed E-state index contributed by atoms with van der Waals surface area (Å²) in [6, 6.07) is 2.04. The van der Waals surface area contributed by atoms with Gasteiger partial charge < -0.3 is 0 Å². The highest BCUT2D eigenvalue weighted by Crippen LogP contribution is 2.23. The van der Waals surface area contributed by atoms with E-state index in [0.717, 1.165) is 28.4 Å².